The van der Waals surface area contributed by atoms with E-state index in [4.69, 9.17) is 32.7 Å². The maximum absolute atomic E-state index is 12.7. The number of rotatable bonds is 7. The average Bonchev–Trinajstić information content (AvgIpc) is 2.80. The minimum atomic E-state index is -0.815. The number of carbonyl (C=O) groups excluding carboxylic acids is 3. The molecular weight excluding hydrogens is 467 g/mol. The van der Waals surface area contributed by atoms with Gasteiger partial charge in [-0.15, -0.1) is 0 Å². The Kier molecular flexibility index (Phi) is 8.29. The topological polar surface area (TPSA) is 93.7 Å². The minimum Gasteiger partial charge on any atom is -0.434 e. The molecule has 9 heteroatoms. The van der Waals surface area contributed by atoms with Crippen molar-refractivity contribution < 1.29 is 23.9 Å². The van der Waals surface area contributed by atoms with Gasteiger partial charge in [0.15, 0.2) is 0 Å². The van der Waals surface area contributed by atoms with E-state index < -0.39 is 6.16 Å². The van der Waals surface area contributed by atoms with Crippen molar-refractivity contribution >= 4 is 46.9 Å². The highest BCUT2D eigenvalue weighted by Crippen LogP contribution is 2.22. The molecule has 0 aliphatic heterocycles. The zero-order valence-electron chi connectivity index (χ0n) is 17.6. The van der Waals surface area contributed by atoms with Crippen LogP contribution in [-0.2, 0) is 11.3 Å². The maximum atomic E-state index is 12.7. The monoisotopic (exact) mass is 486 g/mol. The summed E-state index contributed by atoms with van der Waals surface area (Å²) in [5.41, 5.74) is 1.85. The smallest absolute Gasteiger partial charge is 0.434 e. The fourth-order valence-electron chi connectivity index (χ4n) is 2.85. The number of halogens is 2. The van der Waals surface area contributed by atoms with Gasteiger partial charge < -0.3 is 20.1 Å². The molecule has 33 heavy (non-hydrogen) atoms. The Morgan fingerprint density at radius 1 is 0.909 bits per heavy atom. The minimum absolute atomic E-state index is 0.157. The van der Waals surface area contributed by atoms with Crippen LogP contribution >= 0.6 is 23.2 Å². The lowest BCUT2D eigenvalue weighted by molar-refractivity contribution is 0.0949. The van der Waals surface area contributed by atoms with Crippen LogP contribution in [0.15, 0.2) is 66.7 Å². The number of hydrogen-bond donors (Lipinski definition) is 2. The number of nitrogens with one attached hydrogen (secondary N) is 2. The molecule has 0 aliphatic rings. The van der Waals surface area contributed by atoms with Gasteiger partial charge in [-0.1, -0.05) is 41.4 Å². The normalized spacial score (nSPS) is 10.3. The molecule has 0 fully saturated rings. The van der Waals surface area contributed by atoms with Crippen LogP contribution < -0.4 is 15.4 Å². The lowest BCUT2D eigenvalue weighted by Gasteiger charge is -2.13. The second-order valence-electron chi connectivity index (χ2n) is 6.73. The number of benzene rings is 3. The molecule has 0 radical (unpaired) electrons. The molecule has 0 bridgehead atoms. The molecule has 0 unspecified atom stereocenters. The first kappa shape index (κ1) is 24.1. The molecule has 0 saturated heterocycles. The van der Waals surface area contributed by atoms with Crippen molar-refractivity contribution in [3.8, 4) is 5.75 Å². The van der Waals surface area contributed by atoms with E-state index in [1.807, 2.05) is 0 Å². The van der Waals surface area contributed by atoms with E-state index in [1.165, 1.54) is 30.3 Å². The van der Waals surface area contributed by atoms with Gasteiger partial charge in [0.05, 0.1) is 17.2 Å². The zero-order valence-corrected chi connectivity index (χ0v) is 19.1. The Balaban J connectivity index is 1.65. The van der Waals surface area contributed by atoms with Crippen molar-refractivity contribution in [1.82, 2.24) is 5.32 Å². The van der Waals surface area contributed by atoms with E-state index in [-0.39, 0.29) is 41.3 Å². The van der Waals surface area contributed by atoms with Crippen LogP contribution in [0.1, 0.15) is 33.2 Å². The van der Waals surface area contributed by atoms with Gasteiger partial charge in [0, 0.05) is 22.8 Å². The molecule has 0 spiro atoms. The molecular formula is C24H20Cl2N2O5. The van der Waals surface area contributed by atoms with Gasteiger partial charge in [-0.2, -0.15) is 0 Å². The van der Waals surface area contributed by atoms with E-state index in [0.717, 1.165) is 0 Å². The fourth-order valence-corrected chi connectivity index (χ4v) is 3.23. The Morgan fingerprint density at radius 3 is 2.36 bits per heavy atom. The first-order chi connectivity index (χ1) is 15.9. The van der Waals surface area contributed by atoms with Crippen molar-refractivity contribution in [2.75, 3.05) is 11.9 Å². The Labute approximate surface area is 200 Å². The summed E-state index contributed by atoms with van der Waals surface area (Å²) in [6, 6.07) is 17.7. The molecule has 3 rings (SSSR count). The maximum Gasteiger partial charge on any atom is 0.513 e. The molecule has 3 aromatic rings. The third-order valence-corrected chi connectivity index (χ3v) is 5.02. The summed E-state index contributed by atoms with van der Waals surface area (Å²) in [4.78, 5) is 36.6. The van der Waals surface area contributed by atoms with Crippen molar-refractivity contribution in [2.24, 2.45) is 0 Å². The van der Waals surface area contributed by atoms with Crippen LogP contribution in [0, 0.1) is 0 Å². The Hall–Kier alpha value is -3.55. The first-order valence-electron chi connectivity index (χ1n) is 9.94. The van der Waals surface area contributed by atoms with Gasteiger partial charge in [-0.3, -0.25) is 9.59 Å². The van der Waals surface area contributed by atoms with Crippen LogP contribution in [-0.4, -0.2) is 24.6 Å². The number of anilines is 1. The molecule has 0 heterocycles. The third kappa shape index (κ3) is 6.71. The van der Waals surface area contributed by atoms with Gasteiger partial charge in [0.1, 0.15) is 5.75 Å². The molecule has 2 amide bonds. The molecule has 7 nitrogen and oxygen atoms in total. The van der Waals surface area contributed by atoms with Crippen LogP contribution in [0.25, 0.3) is 0 Å². The summed E-state index contributed by atoms with van der Waals surface area (Å²) in [5, 5.41) is 6.29. The van der Waals surface area contributed by atoms with Crippen LogP contribution in [0.3, 0.4) is 0 Å². The number of ether oxygens (including phenoxy) is 2. The summed E-state index contributed by atoms with van der Waals surface area (Å²) in [6.07, 6.45) is -0.815. The Bertz CT molecular complexity index is 1170. The number of hydrogen-bond acceptors (Lipinski definition) is 5. The van der Waals surface area contributed by atoms with Crippen molar-refractivity contribution in [2.45, 2.75) is 13.5 Å². The predicted molar refractivity (Wildman–Crippen MR) is 126 cm³/mol. The van der Waals surface area contributed by atoms with Gasteiger partial charge in [-0.05, 0) is 61.0 Å². The second-order valence-corrected chi connectivity index (χ2v) is 7.57. The molecule has 0 atom stereocenters. The van der Waals surface area contributed by atoms with E-state index in [9.17, 15) is 14.4 Å². The second kappa shape index (κ2) is 11.4. The third-order valence-electron chi connectivity index (χ3n) is 4.46. The van der Waals surface area contributed by atoms with Gasteiger partial charge in [-0.25, -0.2) is 4.79 Å². The fraction of sp³-hybridized carbons (Fsp3) is 0.125. The lowest BCUT2D eigenvalue weighted by atomic mass is 10.1. The van der Waals surface area contributed by atoms with E-state index in [2.05, 4.69) is 10.6 Å². The lowest BCUT2D eigenvalue weighted by Crippen LogP contribution is -2.24. The SMILES string of the molecule is CCOC(=O)Oc1ccc(C(=O)Nc2ccccc2CNC(=O)c2cc(Cl)ccc2Cl)cc1. The summed E-state index contributed by atoms with van der Waals surface area (Å²) in [7, 11) is 0. The molecule has 0 aliphatic carbocycles. The van der Waals surface area contributed by atoms with Crippen molar-refractivity contribution in [3.05, 3.63) is 93.5 Å². The summed E-state index contributed by atoms with van der Waals surface area (Å²) in [6.45, 7) is 2.03. The largest absolute Gasteiger partial charge is 0.513 e. The summed E-state index contributed by atoms with van der Waals surface area (Å²) >= 11 is 12.0. The van der Waals surface area contributed by atoms with Gasteiger partial charge in [0.25, 0.3) is 11.8 Å². The highest BCUT2D eigenvalue weighted by molar-refractivity contribution is 6.35. The van der Waals surface area contributed by atoms with Crippen LogP contribution in [0.2, 0.25) is 10.0 Å². The predicted octanol–water partition coefficient (Wildman–Crippen LogP) is 5.71. The quantitative estimate of drug-likeness (QED) is 0.329. The Morgan fingerprint density at radius 2 is 1.64 bits per heavy atom. The average molecular weight is 487 g/mol. The summed E-state index contributed by atoms with van der Waals surface area (Å²) < 4.78 is 9.69. The standard InChI is InChI=1S/C24H20Cl2N2O5/c1-2-32-24(31)33-18-10-7-15(8-11-18)22(29)28-21-6-4-3-5-16(21)14-27-23(30)19-13-17(25)9-12-20(19)26/h3-13H,2,14H2,1H3,(H,27,30)(H,28,29). The van der Waals surface area contributed by atoms with E-state index in [0.29, 0.717) is 21.8 Å². The number of para-hydroxylation sites is 1. The molecule has 0 saturated carbocycles. The van der Waals surface area contributed by atoms with Gasteiger partial charge in [0.2, 0.25) is 0 Å². The van der Waals surface area contributed by atoms with Crippen molar-refractivity contribution in [3.63, 3.8) is 0 Å². The van der Waals surface area contributed by atoms with Crippen LogP contribution in [0.5, 0.6) is 5.75 Å². The molecule has 3 aromatic carbocycles. The first-order valence-corrected chi connectivity index (χ1v) is 10.7. The van der Waals surface area contributed by atoms with E-state index >= 15 is 0 Å². The van der Waals surface area contributed by atoms with Crippen LogP contribution in [0.4, 0.5) is 10.5 Å². The zero-order chi connectivity index (χ0) is 23.8. The van der Waals surface area contributed by atoms with E-state index in [1.54, 1.807) is 43.3 Å². The number of carbonyl (C=O) groups is 3. The molecule has 170 valence electrons. The van der Waals surface area contributed by atoms with Gasteiger partial charge >= 0.3 is 6.16 Å². The molecule has 0 aromatic heterocycles. The molecule has 2 N–H and O–H groups in total. The summed E-state index contributed by atoms with van der Waals surface area (Å²) in [5.74, 6) is -0.497. The highest BCUT2D eigenvalue weighted by atomic mass is 35.5. The van der Waals surface area contributed by atoms with Crippen molar-refractivity contribution in [1.29, 1.82) is 0 Å². The highest BCUT2D eigenvalue weighted by Gasteiger charge is 2.14. The number of amides is 2.